The van der Waals surface area contributed by atoms with E-state index in [1.54, 1.807) is 6.92 Å². The molecule has 7 N–H and O–H groups in total. The fraction of sp³-hybridized carbons (Fsp3) is 0.250. The van der Waals surface area contributed by atoms with Crippen LogP contribution in [0.3, 0.4) is 0 Å². The molecule has 0 fully saturated rings. The summed E-state index contributed by atoms with van der Waals surface area (Å²) >= 11 is 0. The zero-order valence-corrected chi connectivity index (χ0v) is 7.43. The maximum Gasteiger partial charge on any atom is 0 e. The summed E-state index contributed by atoms with van der Waals surface area (Å²) in [5, 5.41) is 6.76. The van der Waals surface area contributed by atoms with Crippen molar-refractivity contribution in [2.45, 2.75) is 6.92 Å². The Balaban J connectivity index is -0.00000000246. The SMILES string of the molecule is O.O.O.O=[C-]O.[CH2-]C.[CH3-].[Pd]. The Morgan fingerprint density at radius 1 is 1.20 bits per heavy atom. The van der Waals surface area contributed by atoms with E-state index in [0.717, 1.165) is 0 Å². The molecule has 0 amide bonds. The molecule has 0 bridgehead atoms. The smallest absolute Gasteiger partial charge is 0 e. The summed E-state index contributed by atoms with van der Waals surface area (Å²) in [7, 11) is 0. The second-order valence-corrected chi connectivity index (χ2v) is 0.0913. The second kappa shape index (κ2) is 565. The van der Waals surface area contributed by atoms with Gasteiger partial charge in [0.05, 0.1) is 0 Å². The summed E-state index contributed by atoms with van der Waals surface area (Å²) in [4.78, 5) is 8.24. The first kappa shape index (κ1) is 89.6. The number of hydrogen-bond donors (Lipinski definition) is 1. The van der Waals surface area contributed by atoms with Gasteiger partial charge < -0.3 is 40.7 Å². The molecule has 0 saturated heterocycles. The Kier molecular flexibility index (Phi) is 5060. The quantitative estimate of drug-likeness (QED) is 0.410. The summed E-state index contributed by atoms with van der Waals surface area (Å²) in [6.07, 6.45) is 0. The van der Waals surface area contributed by atoms with Gasteiger partial charge in [0, 0.05) is 20.4 Å². The molecule has 0 saturated carbocycles. The van der Waals surface area contributed by atoms with Gasteiger partial charge in [-0.2, -0.15) is 6.92 Å². The molecule has 5 nitrogen and oxygen atoms in total. The van der Waals surface area contributed by atoms with Crippen molar-refractivity contribution in [1.82, 2.24) is 0 Å². The molecule has 0 aromatic heterocycles. The molecule has 0 atom stereocenters. The first-order chi connectivity index (χ1) is 2.41. The first-order valence-electron chi connectivity index (χ1n) is 1.13. The van der Waals surface area contributed by atoms with Crippen LogP contribution in [0.15, 0.2) is 0 Å². The average Bonchev–Trinajstić information content (AvgIpc) is 1.46. The predicted molar refractivity (Wildman–Crippen MR) is 36.6 cm³/mol. The Morgan fingerprint density at radius 3 is 1.20 bits per heavy atom. The van der Waals surface area contributed by atoms with E-state index in [4.69, 9.17) is 9.90 Å². The molecule has 0 rings (SSSR count). The van der Waals surface area contributed by atoms with Crippen molar-refractivity contribution in [3.05, 3.63) is 14.4 Å². The van der Waals surface area contributed by atoms with E-state index in [1.165, 1.54) is 0 Å². The predicted octanol–water partition coefficient (Wildman–Crippen LogP) is -1.57. The topological polar surface area (TPSA) is 132 Å². The van der Waals surface area contributed by atoms with Crippen molar-refractivity contribution >= 4 is 6.47 Å². The van der Waals surface area contributed by atoms with Crippen molar-refractivity contribution in [3.8, 4) is 0 Å². The van der Waals surface area contributed by atoms with Gasteiger partial charge in [-0.1, -0.05) is 6.47 Å². The maximum atomic E-state index is 8.24. The number of hydrogen-bond acceptors (Lipinski definition) is 1. The fourth-order valence-electron chi connectivity index (χ4n) is 0. The van der Waals surface area contributed by atoms with Gasteiger partial charge in [-0.05, 0) is 0 Å². The summed E-state index contributed by atoms with van der Waals surface area (Å²) in [5.41, 5.74) is 0. The van der Waals surface area contributed by atoms with Crippen LogP contribution in [0.25, 0.3) is 0 Å². The maximum absolute atomic E-state index is 8.24. The second-order valence-electron chi connectivity index (χ2n) is 0.0913. The molecular formula is C4H15O5Pd-3. The van der Waals surface area contributed by atoms with Gasteiger partial charge in [0.1, 0.15) is 0 Å². The molecule has 0 aromatic rings. The van der Waals surface area contributed by atoms with Crippen LogP contribution in [0.1, 0.15) is 6.92 Å². The average molecular weight is 250 g/mol. The van der Waals surface area contributed by atoms with Gasteiger partial charge in [-0.15, -0.1) is 0 Å². The Labute approximate surface area is 75.0 Å². The summed E-state index contributed by atoms with van der Waals surface area (Å²) < 4.78 is 0. The molecular weight excluding hydrogens is 234 g/mol. The van der Waals surface area contributed by atoms with Crippen molar-refractivity contribution in [3.63, 3.8) is 0 Å². The first-order valence-corrected chi connectivity index (χ1v) is 1.13. The van der Waals surface area contributed by atoms with Crippen molar-refractivity contribution < 1.29 is 46.8 Å². The van der Waals surface area contributed by atoms with E-state index >= 15 is 0 Å². The third-order valence-corrected chi connectivity index (χ3v) is 0. The molecule has 6 heteroatoms. The third kappa shape index (κ3) is 2590000. The minimum absolute atomic E-state index is 0. The van der Waals surface area contributed by atoms with Gasteiger partial charge in [0.25, 0.3) is 0 Å². The van der Waals surface area contributed by atoms with Gasteiger partial charge in [0.2, 0.25) is 0 Å². The molecule has 0 unspecified atom stereocenters. The zero-order valence-electron chi connectivity index (χ0n) is 5.88. The van der Waals surface area contributed by atoms with E-state index in [9.17, 15) is 0 Å². The molecule has 10 heavy (non-hydrogen) atoms. The molecule has 0 spiro atoms. The Bertz CT molecular complexity index is 21.1. The summed E-state index contributed by atoms with van der Waals surface area (Å²) in [6.45, 7) is 5.50. The Hall–Kier alpha value is 0.0123. The monoisotopic (exact) mass is 249 g/mol. The van der Waals surface area contributed by atoms with E-state index in [0.29, 0.717) is 6.47 Å². The van der Waals surface area contributed by atoms with Crippen LogP contribution in [0, 0.1) is 14.4 Å². The van der Waals surface area contributed by atoms with Gasteiger partial charge >= 0.3 is 0 Å². The third-order valence-electron chi connectivity index (χ3n) is 0. The van der Waals surface area contributed by atoms with Crippen LogP contribution in [0.4, 0.5) is 0 Å². The molecule has 0 aliphatic heterocycles. The molecule has 0 aromatic carbocycles. The van der Waals surface area contributed by atoms with Crippen LogP contribution in [-0.4, -0.2) is 28.0 Å². The molecule has 0 aliphatic rings. The minimum Gasteiger partial charge on any atom is -0.665 e. The molecule has 74 valence electrons. The number of rotatable bonds is 0. The summed E-state index contributed by atoms with van der Waals surface area (Å²) in [5.74, 6) is 0. The van der Waals surface area contributed by atoms with Crippen molar-refractivity contribution in [2.24, 2.45) is 0 Å². The largest absolute Gasteiger partial charge is 0.665 e. The zero-order chi connectivity index (χ0) is 4.71. The van der Waals surface area contributed by atoms with Crippen LogP contribution in [0.5, 0.6) is 0 Å². The van der Waals surface area contributed by atoms with E-state index in [2.05, 4.69) is 6.92 Å². The summed E-state index contributed by atoms with van der Waals surface area (Å²) in [6, 6.07) is 0. The standard InChI is InChI=1S/C2H5.CHO2.CH3.3H2O.Pd/c1-2;2-1-3;;;;;/h1H2,2H3;(H,2,3);1H3;3*1H2;/q3*-1;;;;. The van der Waals surface area contributed by atoms with E-state index in [-0.39, 0.29) is 44.3 Å². The van der Waals surface area contributed by atoms with Gasteiger partial charge in [0.15, 0.2) is 0 Å². The van der Waals surface area contributed by atoms with Gasteiger partial charge in [-0.25, -0.2) is 0 Å². The van der Waals surface area contributed by atoms with Crippen LogP contribution in [-0.2, 0) is 25.2 Å². The van der Waals surface area contributed by atoms with E-state index < -0.39 is 0 Å². The molecule has 0 aliphatic carbocycles. The van der Waals surface area contributed by atoms with Gasteiger partial charge in [-0.3, -0.25) is 0 Å². The molecule has 0 radical (unpaired) electrons. The van der Waals surface area contributed by atoms with Crippen molar-refractivity contribution in [1.29, 1.82) is 0 Å². The minimum atomic E-state index is 0. The molecule has 0 heterocycles. The van der Waals surface area contributed by atoms with Crippen LogP contribution >= 0.6 is 0 Å². The number of aliphatic hydroxyl groups excluding tert-OH is 1. The normalized spacial score (nSPS) is 1.80. The van der Waals surface area contributed by atoms with Crippen molar-refractivity contribution in [2.75, 3.05) is 0 Å². The van der Waals surface area contributed by atoms with Crippen LogP contribution in [0.2, 0.25) is 0 Å². The fourth-order valence-corrected chi connectivity index (χ4v) is 0. The van der Waals surface area contributed by atoms with Crippen LogP contribution < -0.4 is 0 Å². The Morgan fingerprint density at radius 2 is 1.20 bits per heavy atom. The van der Waals surface area contributed by atoms with E-state index in [1.807, 2.05) is 0 Å².